The number of aliphatic carboxylic acids is 1. The lowest BCUT2D eigenvalue weighted by molar-refractivity contribution is -0.141. The normalized spacial score (nSPS) is 13.0. The molecule has 118 valence electrons. The van der Waals surface area contributed by atoms with Crippen LogP contribution in [0.15, 0.2) is 54.6 Å². The van der Waals surface area contributed by atoms with Gasteiger partial charge in [-0.3, -0.25) is 4.79 Å². The monoisotopic (exact) mass is 319 g/mol. The van der Waals surface area contributed by atoms with Crippen molar-refractivity contribution in [2.75, 3.05) is 0 Å². The fourth-order valence-corrected chi connectivity index (χ4v) is 2.40. The van der Waals surface area contributed by atoms with E-state index in [1.807, 2.05) is 18.2 Å². The molecule has 2 aromatic carbocycles. The molecule has 0 heterocycles. The second kappa shape index (κ2) is 8.57. The molecule has 0 aliphatic heterocycles. The van der Waals surface area contributed by atoms with Crippen LogP contribution in [0.4, 0.5) is 0 Å². The first-order valence-electron chi connectivity index (χ1n) is 7.19. The predicted octanol–water partition coefficient (Wildman–Crippen LogP) is 3.76. The molecule has 0 aliphatic carbocycles. The molecule has 0 saturated heterocycles. The van der Waals surface area contributed by atoms with Crippen molar-refractivity contribution >= 4 is 18.4 Å². The number of rotatable bonds is 6. The van der Waals surface area contributed by atoms with E-state index in [0.29, 0.717) is 12.8 Å². The van der Waals surface area contributed by atoms with Gasteiger partial charge in [-0.1, -0.05) is 61.5 Å². The highest BCUT2D eigenvalue weighted by molar-refractivity contribution is 5.85. The number of halogens is 1. The minimum absolute atomic E-state index is 0. The smallest absolute Gasteiger partial charge is 0.306 e. The van der Waals surface area contributed by atoms with E-state index in [9.17, 15) is 4.79 Å². The third-order valence-electron chi connectivity index (χ3n) is 3.64. The molecule has 0 bridgehead atoms. The van der Waals surface area contributed by atoms with Gasteiger partial charge in [0.1, 0.15) is 0 Å². The van der Waals surface area contributed by atoms with Crippen LogP contribution in [0.2, 0.25) is 0 Å². The van der Waals surface area contributed by atoms with Gasteiger partial charge in [-0.2, -0.15) is 0 Å². The van der Waals surface area contributed by atoms with E-state index in [4.69, 9.17) is 10.8 Å². The Bertz CT molecular complexity index is 584. The molecule has 3 nitrogen and oxygen atoms in total. The third kappa shape index (κ3) is 5.17. The van der Waals surface area contributed by atoms with Crippen LogP contribution in [0.1, 0.15) is 18.9 Å². The van der Waals surface area contributed by atoms with Gasteiger partial charge in [-0.15, -0.1) is 12.4 Å². The maximum atomic E-state index is 10.8. The molecule has 0 aliphatic rings. The van der Waals surface area contributed by atoms with E-state index in [1.54, 1.807) is 6.92 Å². The van der Waals surface area contributed by atoms with Gasteiger partial charge in [0.05, 0.1) is 5.92 Å². The van der Waals surface area contributed by atoms with Crippen LogP contribution in [-0.4, -0.2) is 17.1 Å². The Hall–Kier alpha value is -1.84. The molecular weight excluding hydrogens is 298 g/mol. The summed E-state index contributed by atoms with van der Waals surface area (Å²) in [6, 6.07) is 18.4. The summed E-state index contributed by atoms with van der Waals surface area (Å²) in [4.78, 5) is 10.8. The van der Waals surface area contributed by atoms with E-state index in [0.717, 1.165) is 5.56 Å². The van der Waals surface area contributed by atoms with E-state index in [-0.39, 0.29) is 18.4 Å². The number of carboxylic acid groups (broad SMARTS) is 1. The van der Waals surface area contributed by atoms with Crippen molar-refractivity contribution in [1.29, 1.82) is 0 Å². The van der Waals surface area contributed by atoms with Gasteiger partial charge in [-0.25, -0.2) is 0 Å². The summed E-state index contributed by atoms with van der Waals surface area (Å²) in [5.74, 6) is -1.19. The molecule has 0 spiro atoms. The fourth-order valence-electron chi connectivity index (χ4n) is 2.40. The largest absolute Gasteiger partial charge is 0.481 e. The summed E-state index contributed by atoms with van der Waals surface area (Å²) in [7, 11) is 0. The van der Waals surface area contributed by atoms with Crippen LogP contribution < -0.4 is 5.73 Å². The van der Waals surface area contributed by atoms with Crippen LogP contribution >= 0.6 is 12.4 Å². The van der Waals surface area contributed by atoms with Gasteiger partial charge in [0, 0.05) is 6.04 Å². The molecule has 4 heteroatoms. The number of benzene rings is 2. The third-order valence-corrected chi connectivity index (χ3v) is 3.64. The van der Waals surface area contributed by atoms with Crippen LogP contribution in [-0.2, 0) is 11.2 Å². The summed E-state index contributed by atoms with van der Waals surface area (Å²) in [6.07, 6.45) is 1.20. The highest BCUT2D eigenvalue weighted by Crippen LogP contribution is 2.20. The topological polar surface area (TPSA) is 63.3 Å². The van der Waals surface area contributed by atoms with Crippen LogP contribution in [0.25, 0.3) is 11.1 Å². The first-order chi connectivity index (χ1) is 10.1. The number of carbonyl (C=O) groups is 1. The summed E-state index contributed by atoms with van der Waals surface area (Å²) < 4.78 is 0. The Morgan fingerprint density at radius 3 is 2.14 bits per heavy atom. The highest BCUT2D eigenvalue weighted by Gasteiger charge is 2.15. The zero-order chi connectivity index (χ0) is 15.2. The highest BCUT2D eigenvalue weighted by atomic mass is 35.5. The zero-order valence-corrected chi connectivity index (χ0v) is 13.4. The maximum Gasteiger partial charge on any atom is 0.306 e. The molecule has 0 amide bonds. The van der Waals surface area contributed by atoms with E-state index < -0.39 is 11.9 Å². The van der Waals surface area contributed by atoms with Crippen molar-refractivity contribution in [3.63, 3.8) is 0 Å². The van der Waals surface area contributed by atoms with Gasteiger partial charge in [0.15, 0.2) is 0 Å². The average molecular weight is 320 g/mol. The number of carboxylic acids is 1. The predicted molar refractivity (Wildman–Crippen MR) is 92.2 cm³/mol. The van der Waals surface area contributed by atoms with Crippen molar-refractivity contribution in [1.82, 2.24) is 0 Å². The standard InChI is InChI=1S/C18H21NO2.ClH/c1-13(18(20)21)11-17(19)12-14-7-9-16(10-8-14)15-5-3-2-4-6-15;/h2-10,13,17H,11-12,19H2,1H3,(H,20,21);1H/t13-,17+;/m1./s1. The van der Waals surface area contributed by atoms with Gasteiger partial charge >= 0.3 is 5.97 Å². The summed E-state index contributed by atoms with van der Waals surface area (Å²) in [5.41, 5.74) is 9.53. The molecule has 0 fully saturated rings. The Morgan fingerprint density at radius 2 is 1.59 bits per heavy atom. The Labute approximate surface area is 137 Å². The Morgan fingerprint density at radius 1 is 1.05 bits per heavy atom. The van der Waals surface area contributed by atoms with Crippen molar-refractivity contribution in [3.05, 3.63) is 60.2 Å². The molecule has 2 atom stereocenters. The lowest BCUT2D eigenvalue weighted by Gasteiger charge is -2.14. The molecule has 0 unspecified atom stereocenters. The van der Waals surface area contributed by atoms with E-state index in [2.05, 4.69) is 36.4 Å². The maximum absolute atomic E-state index is 10.8. The van der Waals surface area contributed by atoms with Crippen LogP contribution in [0.5, 0.6) is 0 Å². The second-order valence-electron chi connectivity index (χ2n) is 5.50. The SMILES string of the molecule is C[C@H](C[C@H](N)Cc1ccc(-c2ccccc2)cc1)C(=O)O.Cl. The lowest BCUT2D eigenvalue weighted by Crippen LogP contribution is -2.28. The molecule has 0 aromatic heterocycles. The van der Waals surface area contributed by atoms with Crippen LogP contribution in [0.3, 0.4) is 0 Å². The van der Waals surface area contributed by atoms with Crippen molar-refractivity contribution in [2.45, 2.75) is 25.8 Å². The first kappa shape index (κ1) is 18.2. The quantitative estimate of drug-likeness (QED) is 0.852. The molecule has 0 radical (unpaired) electrons. The molecule has 0 saturated carbocycles. The molecule has 3 N–H and O–H groups in total. The fraction of sp³-hybridized carbons (Fsp3) is 0.278. The van der Waals surface area contributed by atoms with E-state index >= 15 is 0 Å². The van der Waals surface area contributed by atoms with Gasteiger partial charge in [0.25, 0.3) is 0 Å². The van der Waals surface area contributed by atoms with E-state index in [1.165, 1.54) is 11.1 Å². The zero-order valence-electron chi connectivity index (χ0n) is 12.6. The Kier molecular flexibility index (Phi) is 7.09. The number of hydrogen-bond acceptors (Lipinski definition) is 2. The number of hydrogen-bond donors (Lipinski definition) is 2. The van der Waals surface area contributed by atoms with Crippen molar-refractivity contribution in [2.24, 2.45) is 11.7 Å². The van der Waals surface area contributed by atoms with Crippen molar-refractivity contribution < 1.29 is 9.90 Å². The van der Waals surface area contributed by atoms with Gasteiger partial charge < -0.3 is 10.8 Å². The molecular formula is C18H22ClNO2. The van der Waals surface area contributed by atoms with Crippen molar-refractivity contribution in [3.8, 4) is 11.1 Å². The Balaban J connectivity index is 0.00000242. The van der Waals surface area contributed by atoms with Gasteiger partial charge in [0.2, 0.25) is 0 Å². The summed E-state index contributed by atoms with van der Waals surface area (Å²) in [5, 5.41) is 8.90. The average Bonchev–Trinajstić information content (AvgIpc) is 2.48. The minimum Gasteiger partial charge on any atom is -0.481 e. The first-order valence-corrected chi connectivity index (χ1v) is 7.19. The number of nitrogens with two attached hydrogens (primary N) is 1. The van der Waals surface area contributed by atoms with Crippen LogP contribution in [0, 0.1) is 5.92 Å². The summed E-state index contributed by atoms with van der Waals surface area (Å²) in [6.45, 7) is 1.70. The minimum atomic E-state index is -0.787. The molecule has 22 heavy (non-hydrogen) atoms. The summed E-state index contributed by atoms with van der Waals surface area (Å²) >= 11 is 0. The molecule has 2 rings (SSSR count). The lowest BCUT2D eigenvalue weighted by atomic mass is 9.96. The van der Waals surface area contributed by atoms with Gasteiger partial charge in [-0.05, 0) is 29.5 Å². The molecule has 2 aromatic rings. The second-order valence-corrected chi connectivity index (χ2v) is 5.50.